The van der Waals surface area contributed by atoms with Crippen molar-refractivity contribution in [3.8, 4) is 28.7 Å². The van der Waals surface area contributed by atoms with Gasteiger partial charge in [-0.15, -0.1) is 0 Å². The van der Waals surface area contributed by atoms with Crippen molar-refractivity contribution in [2.45, 2.75) is 58.3 Å². The van der Waals surface area contributed by atoms with Crippen LogP contribution in [0.25, 0.3) is 0 Å². The van der Waals surface area contributed by atoms with Gasteiger partial charge in [-0.1, -0.05) is 24.3 Å². The smallest absolute Gasteiger partial charge is 0.202 e. The van der Waals surface area contributed by atoms with Crippen LogP contribution in [0.15, 0.2) is 60.7 Å². The van der Waals surface area contributed by atoms with Crippen LogP contribution in [-0.2, 0) is 16.8 Å². The molecule has 3 aromatic carbocycles. The summed E-state index contributed by atoms with van der Waals surface area (Å²) in [4.78, 5) is 0. The van der Waals surface area contributed by atoms with Gasteiger partial charge >= 0.3 is 0 Å². The molecule has 0 amide bonds. The topological polar surface area (TPSA) is 99.4 Å². The number of aliphatic hydroxyl groups is 3. The Hall–Kier alpha value is -3.06. The van der Waals surface area contributed by atoms with Crippen LogP contribution in [0, 0.1) is 0 Å². The lowest BCUT2D eigenvalue weighted by molar-refractivity contribution is 0.0774. The molecule has 0 aliphatic heterocycles. The van der Waals surface area contributed by atoms with Gasteiger partial charge in [-0.3, -0.25) is 0 Å². The highest BCUT2D eigenvalue weighted by atomic mass is 16.5. The lowest BCUT2D eigenvalue weighted by Crippen LogP contribution is -2.16. The highest BCUT2D eigenvalue weighted by Crippen LogP contribution is 2.44. The molecule has 0 aliphatic rings. The third-order valence-electron chi connectivity index (χ3n) is 5.32. The number of benzene rings is 3. The van der Waals surface area contributed by atoms with E-state index in [4.69, 9.17) is 9.47 Å². The summed E-state index contributed by atoms with van der Waals surface area (Å²) in [6.07, 6.45) is 0. The van der Waals surface area contributed by atoms with E-state index in [1.165, 1.54) is 0 Å². The summed E-state index contributed by atoms with van der Waals surface area (Å²) in [6, 6.07) is 16.9. The van der Waals surface area contributed by atoms with Crippen LogP contribution in [0.1, 0.15) is 58.2 Å². The second kappa shape index (κ2) is 8.71. The standard InChI is InChI=1S/C27H32O6/c1-25(2,29)17-7-11-20(12-8-17)32-22-15-19(27(5,6)31)16-23(24(22)28)33-21-13-9-18(10-14-21)26(3,4)30/h7-16,28-31H,1-6H3. The van der Waals surface area contributed by atoms with Crippen molar-refractivity contribution in [2.24, 2.45) is 0 Å². The number of rotatable bonds is 7. The number of aromatic hydroxyl groups is 1. The Morgan fingerprint density at radius 2 is 0.818 bits per heavy atom. The largest absolute Gasteiger partial charge is 0.502 e. The maximum atomic E-state index is 10.9. The van der Waals surface area contributed by atoms with Crippen LogP contribution >= 0.6 is 0 Å². The summed E-state index contributed by atoms with van der Waals surface area (Å²) < 4.78 is 11.8. The van der Waals surface area contributed by atoms with Gasteiger partial charge < -0.3 is 29.9 Å². The van der Waals surface area contributed by atoms with Gasteiger partial charge in [0.1, 0.15) is 11.5 Å². The van der Waals surface area contributed by atoms with Crippen LogP contribution in [0.5, 0.6) is 28.7 Å². The average Bonchev–Trinajstić information content (AvgIpc) is 2.69. The molecule has 0 saturated heterocycles. The predicted octanol–water partition coefficient (Wildman–Crippen LogP) is 5.66. The van der Waals surface area contributed by atoms with E-state index in [1.807, 2.05) is 0 Å². The molecular formula is C27H32O6. The average molecular weight is 453 g/mol. The van der Waals surface area contributed by atoms with E-state index in [0.29, 0.717) is 17.1 Å². The van der Waals surface area contributed by atoms with Crippen LogP contribution in [0.2, 0.25) is 0 Å². The lowest BCUT2D eigenvalue weighted by atomic mass is 9.97. The first-order valence-electron chi connectivity index (χ1n) is 10.8. The molecule has 0 heterocycles. The minimum absolute atomic E-state index is 0.119. The Kier molecular flexibility index (Phi) is 6.48. The minimum Gasteiger partial charge on any atom is -0.502 e. The zero-order chi connectivity index (χ0) is 24.6. The minimum atomic E-state index is -1.21. The van der Waals surface area contributed by atoms with Crippen LogP contribution in [0.3, 0.4) is 0 Å². The summed E-state index contributed by atoms with van der Waals surface area (Å²) in [5, 5.41) is 41.7. The Labute approximate surface area is 194 Å². The Morgan fingerprint density at radius 1 is 0.515 bits per heavy atom. The molecule has 4 N–H and O–H groups in total. The van der Waals surface area contributed by atoms with Gasteiger partial charge in [-0.2, -0.15) is 0 Å². The van der Waals surface area contributed by atoms with E-state index >= 15 is 0 Å². The van der Waals surface area contributed by atoms with Crippen molar-refractivity contribution in [3.05, 3.63) is 77.4 Å². The number of phenolic OH excluding ortho intramolecular Hbond substituents is 1. The van der Waals surface area contributed by atoms with Gasteiger partial charge in [0.15, 0.2) is 11.5 Å². The summed E-state index contributed by atoms with van der Waals surface area (Å²) in [6.45, 7) is 10.0. The first-order chi connectivity index (χ1) is 15.1. The molecule has 0 bridgehead atoms. The zero-order valence-corrected chi connectivity index (χ0v) is 19.9. The molecule has 33 heavy (non-hydrogen) atoms. The molecule has 176 valence electrons. The molecule has 0 spiro atoms. The van der Waals surface area contributed by atoms with E-state index in [-0.39, 0.29) is 17.2 Å². The van der Waals surface area contributed by atoms with Crippen molar-refractivity contribution < 1.29 is 29.9 Å². The van der Waals surface area contributed by atoms with Gasteiger partial charge in [-0.25, -0.2) is 0 Å². The molecule has 6 nitrogen and oxygen atoms in total. The second-order valence-corrected chi connectivity index (χ2v) is 9.75. The predicted molar refractivity (Wildman–Crippen MR) is 127 cm³/mol. The fraction of sp³-hybridized carbons (Fsp3) is 0.333. The number of ether oxygens (including phenoxy) is 2. The van der Waals surface area contributed by atoms with Crippen molar-refractivity contribution in [3.63, 3.8) is 0 Å². The lowest BCUT2D eigenvalue weighted by Gasteiger charge is -2.22. The molecule has 0 aliphatic carbocycles. The molecule has 0 radical (unpaired) electrons. The van der Waals surface area contributed by atoms with Crippen LogP contribution < -0.4 is 9.47 Å². The zero-order valence-electron chi connectivity index (χ0n) is 19.9. The molecule has 3 rings (SSSR count). The maximum Gasteiger partial charge on any atom is 0.202 e. The maximum absolute atomic E-state index is 10.9. The summed E-state index contributed by atoms with van der Waals surface area (Å²) in [5.74, 6) is 0.918. The van der Waals surface area contributed by atoms with Crippen LogP contribution in [0.4, 0.5) is 0 Å². The third kappa shape index (κ3) is 6.05. The third-order valence-corrected chi connectivity index (χ3v) is 5.32. The van der Waals surface area contributed by atoms with Crippen molar-refractivity contribution in [1.29, 1.82) is 0 Å². The quantitative estimate of drug-likeness (QED) is 0.369. The first kappa shape index (κ1) is 24.6. The van der Waals surface area contributed by atoms with Gasteiger partial charge in [0.05, 0.1) is 16.8 Å². The summed E-state index contributed by atoms with van der Waals surface area (Å²) in [5.41, 5.74) is -1.23. The van der Waals surface area contributed by atoms with Gasteiger partial charge in [0, 0.05) is 0 Å². The summed E-state index contributed by atoms with van der Waals surface area (Å²) in [7, 11) is 0. The van der Waals surface area contributed by atoms with E-state index in [0.717, 1.165) is 11.1 Å². The van der Waals surface area contributed by atoms with Gasteiger partial charge in [0.25, 0.3) is 0 Å². The SMILES string of the molecule is CC(C)(O)c1ccc(Oc2cc(C(C)(C)O)cc(Oc3ccc(C(C)(C)O)cc3)c2O)cc1. The number of phenols is 1. The van der Waals surface area contributed by atoms with Crippen LogP contribution in [-0.4, -0.2) is 20.4 Å². The second-order valence-electron chi connectivity index (χ2n) is 9.75. The van der Waals surface area contributed by atoms with E-state index < -0.39 is 16.8 Å². The van der Waals surface area contributed by atoms with Crippen molar-refractivity contribution in [2.75, 3.05) is 0 Å². The van der Waals surface area contributed by atoms with E-state index in [2.05, 4.69) is 0 Å². The highest BCUT2D eigenvalue weighted by Gasteiger charge is 2.23. The highest BCUT2D eigenvalue weighted by molar-refractivity contribution is 5.56. The van der Waals surface area contributed by atoms with Gasteiger partial charge in [-0.05, 0) is 94.6 Å². The molecule has 0 unspecified atom stereocenters. The first-order valence-corrected chi connectivity index (χ1v) is 10.8. The van der Waals surface area contributed by atoms with Gasteiger partial charge in [0.2, 0.25) is 5.75 Å². The molecule has 3 aromatic rings. The Bertz CT molecular complexity index is 1020. The molecule has 0 fully saturated rings. The Morgan fingerprint density at radius 3 is 1.09 bits per heavy atom. The molecule has 0 saturated carbocycles. The molecule has 6 heteroatoms. The Balaban J connectivity index is 1.95. The summed E-state index contributed by atoms with van der Waals surface area (Å²) >= 11 is 0. The van der Waals surface area contributed by atoms with E-state index in [1.54, 1.807) is 102 Å². The van der Waals surface area contributed by atoms with Crippen molar-refractivity contribution >= 4 is 0 Å². The number of hydrogen-bond acceptors (Lipinski definition) is 6. The fourth-order valence-electron chi connectivity index (χ4n) is 3.21. The number of hydrogen-bond donors (Lipinski definition) is 4. The normalized spacial score (nSPS) is 12.5. The molecule has 0 aromatic heterocycles. The molecule has 0 atom stereocenters. The monoisotopic (exact) mass is 452 g/mol. The molecular weight excluding hydrogens is 420 g/mol. The van der Waals surface area contributed by atoms with E-state index in [9.17, 15) is 20.4 Å². The fourth-order valence-corrected chi connectivity index (χ4v) is 3.21. The van der Waals surface area contributed by atoms with Crippen molar-refractivity contribution in [1.82, 2.24) is 0 Å².